The molecule has 9 nitrogen and oxygen atoms in total. The van der Waals surface area contributed by atoms with E-state index < -0.39 is 0 Å². The molecule has 1 aliphatic heterocycles. The van der Waals surface area contributed by atoms with Crippen LogP contribution in [0, 0.1) is 0 Å². The molecular formula is C17H24N8O. The van der Waals surface area contributed by atoms with Crippen molar-refractivity contribution in [3.63, 3.8) is 0 Å². The Morgan fingerprint density at radius 1 is 1.23 bits per heavy atom. The van der Waals surface area contributed by atoms with Gasteiger partial charge in [-0.3, -0.25) is 0 Å². The van der Waals surface area contributed by atoms with Crippen LogP contribution in [-0.4, -0.2) is 56.9 Å². The van der Waals surface area contributed by atoms with Gasteiger partial charge in [-0.2, -0.15) is 19.6 Å². The van der Waals surface area contributed by atoms with E-state index in [1.165, 1.54) is 0 Å². The molecule has 3 aromatic heterocycles. The fraction of sp³-hybridized carbons (Fsp3) is 0.588. The van der Waals surface area contributed by atoms with Crippen LogP contribution in [0.15, 0.2) is 16.9 Å². The molecule has 0 bridgehead atoms. The second-order valence-corrected chi connectivity index (χ2v) is 6.92. The van der Waals surface area contributed by atoms with Crippen molar-refractivity contribution >= 4 is 17.5 Å². The van der Waals surface area contributed by atoms with Crippen molar-refractivity contribution in [2.75, 3.05) is 37.0 Å². The first kappa shape index (κ1) is 16.7. The molecule has 4 rings (SSSR count). The molecule has 1 fully saturated rings. The first-order valence-electron chi connectivity index (χ1n) is 9.11. The molecule has 0 atom stereocenters. The first-order chi connectivity index (χ1) is 12.7. The van der Waals surface area contributed by atoms with E-state index in [1.54, 1.807) is 6.33 Å². The van der Waals surface area contributed by atoms with Gasteiger partial charge in [0.05, 0.1) is 0 Å². The van der Waals surface area contributed by atoms with Gasteiger partial charge in [0, 0.05) is 44.9 Å². The fourth-order valence-electron chi connectivity index (χ4n) is 3.38. The van der Waals surface area contributed by atoms with Crippen LogP contribution in [0.3, 0.4) is 0 Å². The van der Waals surface area contributed by atoms with Crippen LogP contribution in [0.1, 0.15) is 43.7 Å². The monoisotopic (exact) mass is 356 g/mol. The Morgan fingerprint density at radius 3 is 2.73 bits per heavy atom. The maximum Gasteiger partial charge on any atom is 0.265 e. The third-order valence-electron chi connectivity index (χ3n) is 4.79. The summed E-state index contributed by atoms with van der Waals surface area (Å²) in [5.74, 6) is 3.40. The molecule has 26 heavy (non-hydrogen) atoms. The largest absolute Gasteiger partial charge is 0.356 e. The van der Waals surface area contributed by atoms with E-state index in [0.717, 1.165) is 56.2 Å². The lowest BCUT2D eigenvalue weighted by Crippen LogP contribution is -2.34. The highest BCUT2D eigenvalue weighted by atomic mass is 16.5. The van der Waals surface area contributed by atoms with Gasteiger partial charge < -0.3 is 14.3 Å². The lowest BCUT2D eigenvalue weighted by atomic mass is 9.97. The third kappa shape index (κ3) is 3.09. The van der Waals surface area contributed by atoms with Crippen molar-refractivity contribution in [3.8, 4) is 0 Å². The van der Waals surface area contributed by atoms with Gasteiger partial charge in [0.25, 0.3) is 11.7 Å². The predicted octanol–water partition coefficient (Wildman–Crippen LogP) is 1.91. The van der Waals surface area contributed by atoms with Crippen molar-refractivity contribution < 1.29 is 4.52 Å². The normalized spacial score (nSPS) is 15.7. The maximum absolute atomic E-state index is 5.46. The lowest BCUT2D eigenvalue weighted by molar-refractivity contribution is 0.328. The summed E-state index contributed by atoms with van der Waals surface area (Å²) in [6.07, 6.45) is 5.51. The molecule has 9 heteroatoms. The average molecular weight is 356 g/mol. The summed E-state index contributed by atoms with van der Waals surface area (Å²) < 4.78 is 7.29. The Kier molecular flexibility index (Phi) is 4.44. The predicted molar refractivity (Wildman–Crippen MR) is 97.6 cm³/mol. The quantitative estimate of drug-likeness (QED) is 0.685. The highest BCUT2D eigenvalue weighted by molar-refractivity contribution is 5.48. The van der Waals surface area contributed by atoms with Gasteiger partial charge in [-0.1, -0.05) is 13.3 Å². The van der Waals surface area contributed by atoms with Gasteiger partial charge in [0.1, 0.15) is 12.1 Å². The summed E-state index contributed by atoms with van der Waals surface area (Å²) in [6.45, 7) is 3.98. The Labute approximate surface area is 152 Å². The zero-order valence-electron chi connectivity index (χ0n) is 15.5. The summed E-state index contributed by atoms with van der Waals surface area (Å²) >= 11 is 0. The molecule has 138 valence electrons. The van der Waals surface area contributed by atoms with Crippen LogP contribution in [0.25, 0.3) is 5.78 Å². The van der Waals surface area contributed by atoms with E-state index in [-0.39, 0.29) is 0 Å². The Balaban J connectivity index is 1.52. The van der Waals surface area contributed by atoms with Crippen LogP contribution in [0.4, 0.5) is 11.8 Å². The summed E-state index contributed by atoms with van der Waals surface area (Å²) in [5.41, 5.74) is 1.07. The van der Waals surface area contributed by atoms with Crippen molar-refractivity contribution in [2.45, 2.75) is 38.5 Å². The highest BCUT2D eigenvalue weighted by Crippen LogP contribution is 2.30. The zero-order valence-corrected chi connectivity index (χ0v) is 15.5. The van der Waals surface area contributed by atoms with Gasteiger partial charge in [-0.25, -0.2) is 4.98 Å². The molecular weight excluding hydrogens is 332 g/mol. The molecule has 0 unspecified atom stereocenters. The van der Waals surface area contributed by atoms with Crippen molar-refractivity contribution in [2.24, 2.45) is 0 Å². The molecule has 0 N–H and O–H groups in total. The molecule has 0 aromatic carbocycles. The van der Waals surface area contributed by atoms with E-state index >= 15 is 0 Å². The second-order valence-electron chi connectivity index (χ2n) is 6.92. The number of fused-ring (bicyclic) bond motifs is 1. The summed E-state index contributed by atoms with van der Waals surface area (Å²) in [5, 5.41) is 8.38. The van der Waals surface area contributed by atoms with E-state index in [1.807, 2.05) is 23.5 Å². The third-order valence-corrected chi connectivity index (χ3v) is 4.79. The Hall–Kier alpha value is -2.71. The van der Waals surface area contributed by atoms with Crippen LogP contribution >= 0.6 is 0 Å². The van der Waals surface area contributed by atoms with Gasteiger partial charge in [-0.05, 0) is 24.4 Å². The molecule has 3 aromatic rings. The summed E-state index contributed by atoms with van der Waals surface area (Å²) in [4.78, 5) is 17.6. The number of nitrogens with zero attached hydrogens (tertiary/aromatic N) is 8. The number of hydrogen-bond acceptors (Lipinski definition) is 8. The molecule has 0 radical (unpaired) electrons. The average Bonchev–Trinajstić information content (AvgIpc) is 3.31. The Bertz CT molecular complexity index is 878. The van der Waals surface area contributed by atoms with E-state index in [9.17, 15) is 0 Å². The van der Waals surface area contributed by atoms with Crippen LogP contribution < -0.4 is 9.80 Å². The minimum absolute atomic E-state index is 0.302. The molecule has 1 saturated heterocycles. The van der Waals surface area contributed by atoms with Gasteiger partial charge in [-0.15, -0.1) is 0 Å². The second kappa shape index (κ2) is 6.89. The molecule has 0 aliphatic carbocycles. The molecule has 0 saturated carbocycles. The molecule has 1 aliphatic rings. The van der Waals surface area contributed by atoms with Gasteiger partial charge in [0.15, 0.2) is 0 Å². The number of anilines is 2. The molecule has 0 spiro atoms. The number of rotatable bonds is 5. The highest BCUT2D eigenvalue weighted by Gasteiger charge is 2.27. The van der Waals surface area contributed by atoms with Crippen molar-refractivity contribution in [3.05, 3.63) is 24.0 Å². The zero-order chi connectivity index (χ0) is 18.1. The van der Waals surface area contributed by atoms with Crippen molar-refractivity contribution in [1.82, 2.24) is 29.7 Å². The van der Waals surface area contributed by atoms with Crippen LogP contribution in [0.2, 0.25) is 0 Å². The smallest absolute Gasteiger partial charge is 0.265 e. The number of aromatic nitrogens is 6. The van der Waals surface area contributed by atoms with E-state index in [4.69, 9.17) is 4.52 Å². The minimum Gasteiger partial charge on any atom is -0.356 e. The first-order valence-corrected chi connectivity index (χ1v) is 9.11. The number of aryl methyl sites for hydroxylation is 1. The topological polar surface area (TPSA) is 88.5 Å². The van der Waals surface area contributed by atoms with Crippen LogP contribution in [0.5, 0.6) is 0 Å². The minimum atomic E-state index is 0.302. The van der Waals surface area contributed by atoms with E-state index in [2.05, 4.69) is 43.1 Å². The van der Waals surface area contributed by atoms with Gasteiger partial charge in [0.2, 0.25) is 5.89 Å². The number of hydrogen-bond donors (Lipinski definition) is 0. The standard InChI is InChI=1S/C17H24N8O/c1-4-5-13-10-14(25-16(20-13)18-11-19-25)24-8-6-12(7-9-24)15-21-17(22-26-15)23(2)3/h10-12H,4-9H2,1-3H3. The van der Waals surface area contributed by atoms with Crippen LogP contribution in [-0.2, 0) is 6.42 Å². The van der Waals surface area contributed by atoms with Gasteiger partial charge >= 0.3 is 0 Å². The maximum atomic E-state index is 5.46. The van der Waals surface area contributed by atoms with E-state index in [0.29, 0.717) is 17.6 Å². The Morgan fingerprint density at radius 2 is 2.04 bits per heavy atom. The summed E-state index contributed by atoms with van der Waals surface area (Å²) in [7, 11) is 3.83. The lowest BCUT2D eigenvalue weighted by Gasteiger charge is -2.32. The van der Waals surface area contributed by atoms with Crippen molar-refractivity contribution in [1.29, 1.82) is 0 Å². The SMILES string of the molecule is CCCc1cc(N2CCC(c3nc(N(C)C)no3)CC2)n2ncnc2n1. The molecule has 0 amide bonds. The fourth-order valence-corrected chi connectivity index (χ4v) is 3.38. The summed E-state index contributed by atoms with van der Waals surface area (Å²) in [6, 6.07) is 2.14. The number of piperidine rings is 1. The molecule has 4 heterocycles.